The number of nitrogens with zero attached hydrogens (tertiary/aromatic N) is 4. The average molecular weight is 228 g/mol. The lowest BCUT2D eigenvalue weighted by Gasteiger charge is -2.04. The van der Waals surface area contributed by atoms with E-state index in [-0.39, 0.29) is 11.7 Å². The van der Waals surface area contributed by atoms with Crippen LogP contribution in [-0.4, -0.2) is 14.8 Å². The minimum absolute atomic E-state index is 0.268. The molecule has 0 aliphatic carbocycles. The molecule has 5 nitrogen and oxygen atoms in total. The molecule has 2 aromatic rings. The van der Waals surface area contributed by atoms with E-state index in [1.54, 1.807) is 35.4 Å². The van der Waals surface area contributed by atoms with Gasteiger partial charge in [0.25, 0.3) is 0 Å². The fraction of sp³-hybridized carbons (Fsp3) is 0.250. The number of nitriles is 1. The maximum absolute atomic E-state index is 8.88. The Labute approximate surface area is 99.3 Å². The van der Waals surface area contributed by atoms with E-state index in [0.29, 0.717) is 11.5 Å². The molecule has 17 heavy (non-hydrogen) atoms. The molecule has 2 rings (SSSR count). The maximum Gasteiger partial charge on any atom is 0.183 e. The van der Waals surface area contributed by atoms with E-state index in [1.165, 1.54) is 0 Å². The lowest BCUT2D eigenvalue weighted by Crippen LogP contribution is -1.99. The number of pyridine rings is 1. The molecule has 86 valence electrons. The highest BCUT2D eigenvalue weighted by Crippen LogP contribution is 2.23. The minimum Gasteiger partial charge on any atom is -0.451 e. The minimum atomic E-state index is 0.268. The highest BCUT2D eigenvalue weighted by Gasteiger charge is 2.07. The molecule has 0 unspecified atom stereocenters. The maximum atomic E-state index is 8.88. The Balaban J connectivity index is 2.23. The van der Waals surface area contributed by atoms with Crippen LogP contribution >= 0.6 is 0 Å². The van der Waals surface area contributed by atoms with E-state index in [2.05, 4.69) is 10.1 Å². The lowest BCUT2D eigenvalue weighted by atomic mass is 10.3. The molecule has 0 radical (unpaired) electrons. The van der Waals surface area contributed by atoms with E-state index in [9.17, 15) is 0 Å². The first-order chi connectivity index (χ1) is 8.20. The van der Waals surface area contributed by atoms with Crippen LogP contribution in [0.1, 0.15) is 25.6 Å². The van der Waals surface area contributed by atoms with Gasteiger partial charge in [0.2, 0.25) is 0 Å². The van der Waals surface area contributed by atoms with Crippen molar-refractivity contribution >= 4 is 0 Å². The summed E-state index contributed by atoms with van der Waals surface area (Å²) in [5.41, 5.74) is 0.268. The summed E-state index contributed by atoms with van der Waals surface area (Å²) in [6.45, 7) is 4.06. The molecule has 0 atom stereocenters. The number of rotatable bonds is 3. The van der Waals surface area contributed by atoms with Gasteiger partial charge in [-0.3, -0.25) is 4.68 Å². The SMILES string of the molecule is CC(C)n1cc(Oc2cccnc2C#N)cn1. The van der Waals surface area contributed by atoms with Crippen molar-refractivity contribution in [1.29, 1.82) is 5.26 Å². The van der Waals surface area contributed by atoms with E-state index in [1.807, 2.05) is 19.9 Å². The Hall–Kier alpha value is -2.35. The first kappa shape index (κ1) is 11.1. The molecule has 0 aliphatic rings. The number of ether oxygens (including phenoxy) is 1. The van der Waals surface area contributed by atoms with Crippen LogP contribution in [-0.2, 0) is 0 Å². The van der Waals surface area contributed by atoms with Crippen molar-refractivity contribution in [3.8, 4) is 17.6 Å². The number of hydrogen-bond acceptors (Lipinski definition) is 4. The van der Waals surface area contributed by atoms with Gasteiger partial charge in [-0.1, -0.05) is 0 Å². The first-order valence-corrected chi connectivity index (χ1v) is 5.28. The molecule has 0 aliphatic heterocycles. The summed E-state index contributed by atoms with van der Waals surface area (Å²) >= 11 is 0. The van der Waals surface area contributed by atoms with E-state index in [4.69, 9.17) is 10.00 Å². The topological polar surface area (TPSA) is 63.7 Å². The van der Waals surface area contributed by atoms with Gasteiger partial charge in [-0.05, 0) is 26.0 Å². The second-order valence-electron chi connectivity index (χ2n) is 3.81. The van der Waals surface area contributed by atoms with Crippen LogP contribution in [0.25, 0.3) is 0 Å². The Morgan fingerprint density at radius 1 is 1.47 bits per heavy atom. The normalized spacial score (nSPS) is 10.2. The molecule has 0 saturated carbocycles. The Kier molecular flexibility index (Phi) is 3.06. The van der Waals surface area contributed by atoms with Crippen LogP contribution < -0.4 is 4.74 Å². The van der Waals surface area contributed by atoms with Gasteiger partial charge in [0, 0.05) is 12.2 Å². The van der Waals surface area contributed by atoms with Crippen LogP contribution in [0.5, 0.6) is 11.5 Å². The van der Waals surface area contributed by atoms with Crippen molar-refractivity contribution in [3.05, 3.63) is 36.4 Å². The summed E-state index contributed by atoms with van der Waals surface area (Å²) in [4.78, 5) is 3.92. The molecule has 0 spiro atoms. The summed E-state index contributed by atoms with van der Waals surface area (Å²) < 4.78 is 7.35. The third-order valence-corrected chi connectivity index (χ3v) is 2.21. The average Bonchev–Trinajstić information content (AvgIpc) is 2.78. The molecule has 0 aromatic carbocycles. The molecule has 0 bridgehead atoms. The fourth-order valence-electron chi connectivity index (χ4n) is 1.34. The summed E-state index contributed by atoms with van der Waals surface area (Å²) in [6, 6.07) is 5.69. The molecule has 2 aromatic heterocycles. The van der Waals surface area contributed by atoms with Gasteiger partial charge in [-0.15, -0.1) is 0 Å². The number of aromatic nitrogens is 3. The summed E-state index contributed by atoms with van der Waals surface area (Å²) in [7, 11) is 0. The van der Waals surface area contributed by atoms with Crippen LogP contribution in [0.2, 0.25) is 0 Å². The van der Waals surface area contributed by atoms with Gasteiger partial charge in [-0.2, -0.15) is 10.4 Å². The molecule has 0 fully saturated rings. The van der Waals surface area contributed by atoms with Crippen LogP contribution in [0, 0.1) is 11.3 Å². The van der Waals surface area contributed by atoms with Gasteiger partial charge in [0.15, 0.2) is 17.2 Å². The third kappa shape index (κ3) is 2.42. The van der Waals surface area contributed by atoms with E-state index in [0.717, 1.165) is 0 Å². The molecule has 0 N–H and O–H groups in total. The van der Waals surface area contributed by atoms with Crippen LogP contribution in [0.3, 0.4) is 0 Å². The second kappa shape index (κ2) is 4.66. The molecular formula is C12H12N4O. The largest absolute Gasteiger partial charge is 0.451 e. The first-order valence-electron chi connectivity index (χ1n) is 5.28. The van der Waals surface area contributed by atoms with Gasteiger partial charge in [0.05, 0.1) is 12.4 Å². The van der Waals surface area contributed by atoms with Crippen molar-refractivity contribution < 1.29 is 4.74 Å². The van der Waals surface area contributed by atoms with Crippen molar-refractivity contribution in [3.63, 3.8) is 0 Å². The Morgan fingerprint density at radius 2 is 2.29 bits per heavy atom. The van der Waals surface area contributed by atoms with E-state index < -0.39 is 0 Å². The monoisotopic (exact) mass is 228 g/mol. The van der Waals surface area contributed by atoms with Gasteiger partial charge >= 0.3 is 0 Å². The Bertz CT molecular complexity index is 554. The summed E-state index contributed by atoms with van der Waals surface area (Å²) in [6.07, 6.45) is 4.97. The smallest absolute Gasteiger partial charge is 0.183 e. The van der Waals surface area contributed by atoms with Gasteiger partial charge in [-0.25, -0.2) is 4.98 Å². The van der Waals surface area contributed by atoms with Gasteiger partial charge in [0.1, 0.15) is 6.07 Å². The predicted molar refractivity (Wildman–Crippen MR) is 61.6 cm³/mol. The molecular weight excluding hydrogens is 216 g/mol. The zero-order valence-corrected chi connectivity index (χ0v) is 9.66. The molecule has 5 heteroatoms. The molecule has 0 saturated heterocycles. The zero-order chi connectivity index (χ0) is 12.3. The van der Waals surface area contributed by atoms with Gasteiger partial charge < -0.3 is 4.74 Å². The molecule has 2 heterocycles. The third-order valence-electron chi connectivity index (χ3n) is 2.21. The number of hydrogen-bond donors (Lipinski definition) is 0. The van der Waals surface area contributed by atoms with Crippen molar-refractivity contribution in [2.75, 3.05) is 0 Å². The lowest BCUT2D eigenvalue weighted by molar-refractivity contribution is 0.473. The quantitative estimate of drug-likeness (QED) is 0.809. The highest BCUT2D eigenvalue weighted by molar-refractivity contribution is 5.39. The zero-order valence-electron chi connectivity index (χ0n) is 9.66. The van der Waals surface area contributed by atoms with Crippen LogP contribution in [0.4, 0.5) is 0 Å². The van der Waals surface area contributed by atoms with Crippen molar-refractivity contribution in [2.24, 2.45) is 0 Å². The standard InChI is InChI=1S/C12H12N4O/c1-9(2)16-8-10(7-15-16)17-12-4-3-5-14-11(12)6-13/h3-5,7-9H,1-2H3. The Morgan fingerprint density at radius 3 is 2.94 bits per heavy atom. The highest BCUT2D eigenvalue weighted by atomic mass is 16.5. The van der Waals surface area contributed by atoms with Crippen molar-refractivity contribution in [2.45, 2.75) is 19.9 Å². The van der Waals surface area contributed by atoms with Crippen molar-refractivity contribution in [1.82, 2.24) is 14.8 Å². The molecule has 0 amide bonds. The summed E-state index contributed by atoms with van der Waals surface area (Å²) in [5, 5.41) is 13.0. The predicted octanol–water partition coefficient (Wildman–Crippen LogP) is 2.52. The second-order valence-corrected chi connectivity index (χ2v) is 3.81. The van der Waals surface area contributed by atoms with E-state index >= 15 is 0 Å². The fourth-order valence-corrected chi connectivity index (χ4v) is 1.34. The van der Waals surface area contributed by atoms with Crippen LogP contribution in [0.15, 0.2) is 30.7 Å². The summed E-state index contributed by atoms with van der Waals surface area (Å²) in [5.74, 6) is 1.04.